The van der Waals surface area contributed by atoms with Crippen molar-refractivity contribution in [3.05, 3.63) is 58.7 Å². The molecule has 6 heteroatoms. The maximum absolute atomic E-state index is 13.8. The summed E-state index contributed by atoms with van der Waals surface area (Å²) in [5.41, 5.74) is 6.87. The minimum atomic E-state index is -1.05. The van der Waals surface area contributed by atoms with Crippen LogP contribution in [0.2, 0.25) is 0 Å². The summed E-state index contributed by atoms with van der Waals surface area (Å²) in [6.07, 6.45) is 1.60. The van der Waals surface area contributed by atoms with Gasteiger partial charge in [0.15, 0.2) is 11.6 Å². The maximum atomic E-state index is 13.8. The van der Waals surface area contributed by atoms with Crippen LogP contribution >= 0.6 is 15.9 Å². The van der Waals surface area contributed by atoms with Crippen LogP contribution in [0.25, 0.3) is 10.9 Å². The molecule has 2 aromatic carbocycles. The molecule has 2 N–H and O–H groups in total. The maximum Gasteiger partial charge on any atom is 0.201 e. The third-order valence-corrected chi connectivity index (χ3v) is 3.40. The Kier molecular flexibility index (Phi) is 3.47. The number of aromatic nitrogens is 1. The van der Waals surface area contributed by atoms with Gasteiger partial charge in [0.25, 0.3) is 0 Å². The summed E-state index contributed by atoms with van der Waals surface area (Å²) in [6.45, 7) is 0. The molecule has 0 radical (unpaired) electrons. The highest BCUT2D eigenvalue weighted by Gasteiger charge is 2.14. The molecule has 21 heavy (non-hydrogen) atoms. The number of nitrogens with two attached hydrogens (primary N) is 1. The van der Waals surface area contributed by atoms with E-state index in [-0.39, 0.29) is 5.75 Å². The topological polar surface area (TPSA) is 48.1 Å². The first-order valence-electron chi connectivity index (χ1n) is 6.02. The number of benzene rings is 2. The lowest BCUT2D eigenvalue weighted by Crippen LogP contribution is -1.95. The number of nitrogen functional groups attached to an aromatic ring is 1. The fourth-order valence-electron chi connectivity index (χ4n) is 1.98. The lowest BCUT2D eigenvalue weighted by Gasteiger charge is -2.11. The second-order valence-corrected chi connectivity index (χ2v) is 5.27. The summed E-state index contributed by atoms with van der Waals surface area (Å²) in [5, 5.41) is 0.622. The van der Waals surface area contributed by atoms with Crippen molar-refractivity contribution in [2.24, 2.45) is 0 Å². The van der Waals surface area contributed by atoms with Crippen molar-refractivity contribution in [3.63, 3.8) is 0 Å². The van der Waals surface area contributed by atoms with E-state index in [1.165, 1.54) is 6.07 Å². The van der Waals surface area contributed by atoms with Crippen LogP contribution in [0, 0.1) is 11.6 Å². The quantitative estimate of drug-likeness (QED) is 0.540. The van der Waals surface area contributed by atoms with Crippen molar-refractivity contribution in [2.75, 3.05) is 5.73 Å². The Labute approximate surface area is 127 Å². The Balaban J connectivity index is 2.13. The summed E-state index contributed by atoms with van der Waals surface area (Å²) < 4.78 is 33.1. The molecular weight excluding hydrogens is 342 g/mol. The van der Waals surface area contributed by atoms with Crippen molar-refractivity contribution in [2.45, 2.75) is 0 Å². The molecule has 0 unspecified atom stereocenters. The number of anilines is 1. The summed E-state index contributed by atoms with van der Waals surface area (Å²) in [4.78, 5) is 4.16. The lowest BCUT2D eigenvalue weighted by molar-refractivity contribution is 0.418. The van der Waals surface area contributed by atoms with E-state index in [1.807, 2.05) is 0 Å². The molecular formula is C15H9BrF2N2O. The predicted octanol–water partition coefficient (Wildman–Crippen LogP) is 4.65. The molecule has 0 saturated heterocycles. The molecule has 3 aromatic rings. The molecule has 3 nitrogen and oxygen atoms in total. The van der Waals surface area contributed by atoms with Crippen molar-refractivity contribution in [1.29, 1.82) is 0 Å². The second-order valence-electron chi connectivity index (χ2n) is 4.35. The number of hydrogen-bond acceptors (Lipinski definition) is 3. The van der Waals surface area contributed by atoms with E-state index in [1.54, 1.807) is 30.5 Å². The summed E-state index contributed by atoms with van der Waals surface area (Å²) in [5.74, 6) is -1.90. The highest BCUT2D eigenvalue weighted by atomic mass is 79.9. The average Bonchev–Trinajstić information content (AvgIpc) is 2.47. The number of fused-ring (bicyclic) bond motifs is 1. The van der Waals surface area contributed by atoms with Crippen molar-refractivity contribution < 1.29 is 13.5 Å². The molecule has 0 atom stereocenters. The molecule has 106 valence electrons. The molecule has 0 saturated carbocycles. The minimum Gasteiger partial charge on any atom is -0.453 e. The third kappa shape index (κ3) is 2.54. The number of ether oxygens (including phenoxy) is 1. The number of nitrogens with zero attached hydrogens (tertiary/aromatic N) is 1. The fourth-order valence-corrected chi connectivity index (χ4v) is 2.39. The Morgan fingerprint density at radius 3 is 2.71 bits per heavy atom. The van der Waals surface area contributed by atoms with Gasteiger partial charge < -0.3 is 10.5 Å². The molecule has 0 aliphatic rings. The van der Waals surface area contributed by atoms with Gasteiger partial charge >= 0.3 is 0 Å². The Morgan fingerprint density at radius 2 is 1.90 bits per heavy atom. The molecule has 1 aromatic heterocycles. The van der Waals surface area contributed by atoms with E-state index >= 15 is 0 Å². The Hall–Kier alpha value is -2.21. The van der Waals surface area contributed by atoms with Crippen molar-refractivity contribution in [3.8, 4) is 11.5 Å². The normalized spacial score (nSPS) is 10.8. The molecule has 0 amide bonds. The molecule has 0 aliphatic carbocycles. The summed E-state index contributed by atoms with van der Waals surface area (Å²) in [7, 11) is 0. The van der Waals surface area contributed by atoms with Crippen LogP contribution in [0.15, 0.2) is 47.1 Å². The SMILES string of the molecule is Nc1ccc(Oc2cc(Br)cc(F)c2F)c2cccnc12. The zero-order valence-corrected chi connectivity index (χ0v) is 12.2. The third-order valence-electron chi connectivity index (χ3n) is 2.94. The van der Waals surface area contributed by atoms with Gasteiger partial charge in [0, 0.05) is 16.1 Å². The zero-order valence-electron chi connectivity index (χ0n) is 10.6. The number of halogens is 3. The largest absolute Gasteiger partial charge is 0.453 e. The van der Waals surface area contributed by atoms with Gasteiger partial charge in [-0.05, 0) is 36.4 Å². The first kappa shape index (κ1) is 13.8. The van der Waals surface area contributed by atoms with Crippen LogP contribution in [0.3, 0.4) is 0 Å². The zero-order chi connectivity index (χ0) is 15.0. The highest BCUT2D eigenvalue weighted by molar-refractivity contribution is 9.10. The van der Waals surface area contributed by atoms with Crippen molar-refractivity contribution in [1.82, 2.24) is 4.98 Å². The van der Waals surface area contributed by atoms with Crippen LogP contribution in [0.4, 0.5) is 14.5 Å². The molecule has 0 bridgehead atoms. The number of hydrogen-bond donors (Lipinski definition) is 1. The average molecular weight is 351 g/mol. The Bertz CT molecular complexity index is 839. The van der Waals surface area contributed by atoms with Crippen LogP contribution in [-0.2, 0) is 0 Å². The van der Waals surface area contributed by atoms with Gasteiger partial charge in [0.05, 0.1) is 11.2 Å². The van der Waals surface area contributed by atoms with Gasteiger partial charge in [-0.25, -0.2) is 4.39 Å². The number of rotatable bonds is 2. The Morgan fingerprint density at radius 1 is 1.10 bits per heavy atom. The monoisotopic (exact) mass is 350 g/mol. The number of pyridine rings is 1. The highest BCUT2D eigenvalue weighted by Crippen LogP contribution is 2.34. The fraction of sp³-hybridized carbons (Fsp3) is 0. The lowest BCUT2D eigenvalue weighted by atomic mass is 10.1. The second kappa shape index (κ2) is 5.29. The van der Waals surface area contributed by atoms with Gasteiger partial charge in [-0.3, -0.25) is 4.98 Å². The van der Waals surface area contributed by atoms with E-state index in [0.717, 1.165) is 6.07 Å². The van der Waals surface area contributed by atoms with Gasteiger partial charge in [-0.1, -0.05) is 15.9 Å². The van der Waals surface area contributed by atoms with Gasteiger partial charge in [-0.15, -0.1) is 0 Å². The molecule has 1 heterocycles. The van der Waals surface area contributed by atoms with Gasteiger partial charge in [0.1, 0.15) is 5.75 Å². The van der Waals surface area contributed by atoms with E-state index < -0.39 is 11.6 Å². The van der Waals surface area contributed by atoms with Crippen molar-refractivity contribution >= 4 is 32.5 Å². The molecule has 0 spiro atoms. The standard InChI is InChI=1S/C15H9BrF2N2O/c16-8-6-10(17)14(18)13(7-8)21-12-4-3-11(19)15-9(12)2-1-5-20-15/h1-7H,19H2. The predicted molar refractivity (Wildman–Crippen MR) is 80.3 cm³/mol. The molecule has 3 rings (SSSR count). The minimum absolute atomic E-state index is 0.211. The van der Waals surface area contributed by atoms with E-state index in [0.29, 0.717) is 26.8 Å². The smallest absolute Gasteiger partial charge is 0.201 e. The molecule has 0 fully saturated rings. The summed E-state index contributed by atoms with van der Waals surface area (Å²) in [6, 6.07) is 9.06. The molecule has 0 aliphatic heterocycles. The van der Waals surface area contributed by atoms with Crippen LogP contribution in [0.5, 0.6) is 11.5 Å². The van der Waals surface area contributed by atoms with E-state index in [4.69, 9.17) is 10.5 Å². The van der Waals surface area contributed by atoms with E-state index in [9.17, 15) is 8.78 Å². The van der Waals surface area contributed by atoms with Crippen LogP contribution in [-0.4, -0.2) is 4.98 Å². The summed E-state index contributed by atoms with van der Waals surface area (Å²) >= 11 is 3.10. The van der Waals surface area contributed by atoms with Gasteiger partial charge in [-0.2, -0.15) is 4.39 Å². The first-order valence-corrected chi connectivity index (χ1v) is 6.81. The van der Waals surface area contributed by atoms with Crippen LogP contribution < -0.4 is 10.5 Å². The van der Waals surface area contributed by atoms with Crippen LogP contribution in [0.1, 0.15) is 0 Å². The first-order chi connectivity index (χ1) is 10.1. The van der Waals surface area contributed by atoms with Gasteiger partial charge in [0.2, 0.25) is 5.82 Å². The van der Waals surface area contributed by atoms with E-state index in [2.05, 4.69) is 20.9 Å².